The van der Waals surface area contributed by atoms with E-state index in [0.717, 1.165) is 6.42 Å². The van der Waals surface area contributed by atoms with Crippen LogP contribution in [0.3, 0.4) is 0 Å². The van der Waals surface area contributed by atoms with Crippen LogP contribution in [-0.4, -0.2) is 22.3 Å². The van der Waals surface area contributed by atoms with Crippen LogP contribution in [0.1, 0.15) is 51.4 Å². The van der Waals surface area contributed by atoms with Crippen LogP contribution in [0.25, 0.3) is 0 Å². The van der Waals surface area contributed by atoms with Crippen molar-refractivity contribution < 1.29 is 15.0 Å². The molecule has 17 heavy (non-hydrogen) atoms. The summed E-state index contributed by atoms with van der Waals surface area (Å²) in [6.45, 7) is 3.70. The van der Waals surface area contributed by atoms with Crippen molar-refractivity contribution in [2.45, 2.75) is 57.5 Å². The SMILES string of the molecule is C=CCC(CC1CCCCC1)C(O)CC(=O)O. The molecular formula is C14H24O3. The van der Waals surface area contributed by atoms with E-state index in [1.165, 1.54) is 32.1 Å². The van der Waals surface area contributed by atoms with Crippen molar-refractivity contribution in [1.82, 2.24) is 0 Å². The summed E-state index contributed by atoms with van der Waals surface area (Å²) >= 11 is 0. The Morgan fingerprint density at radius 3 is 2.53 bits per heavy atom. The minimum absolute atomic E-state index is 0.0618. The Morgan fingerprint density at radius 1 is 1.35 bits per heavy atom. The topological polar surface area (TPSA) is 57.5 Å². The fourth-order valence-electron chi connectivity index (χ4n) is 2.82. The van der Waals surface area contributed by atoms with Crippen LogP contribution < -0.4 is 0 Å². The Bertz CT molecular complexity index is 244. The number of carboxylic acids is 1. The van der Waals surface area contributed by atoms with Crippen LogP contribution >= 0.6 is 0 Å². The Morgan fingerprint density at radius 2 is 2.00 bits per heavy atom. The molecule has 2 N–H and O–H groups in total. The standard InChI is InChI=1S/C14H24O3/c1-2-6-12(13(15)10-14(16)17)9-11-7-4-3-5-8-11/h2,11-13,15H,1,3-10H2,(H,16,17). The van der Waals surface area contributed by atoms with E-state index in [-0.39, 0.29) is 12.3 Å². The molecule has 1 fully saturated rings. The van der Waals surface area contributed by atoms with Crippen LogP contribution in [0.2, 0.25) is 0 Å². The monoisotopic (exact) mass is 240 g/mol. The van der Waals surface area contributed by atoms with Crippen LogP contribution in [0.5, 0.6) is 0 Å². The van der Waals surface area contributed by atoms with Gasteiger partial charge in [-0.05, 0) is 24.7 Å². The molecule has 0 aromatic carbocycles. The van der Waals surface area contributed by atoms with Gasteiger partial charge in [-0.2, -0.15) is 0 Å². The number of aliphatic hydroxyl groups is 1. The van der Waals surface area contributed by atoms with Gasteiger partial charge in [0.15, 0.2) is 0 Å². The Hall–Kier alpha value is -0.830. The number of hydrogen-bond donors (Lipinski definition) is 2. The molecule has 0 spiro atoms. The van der Waals surface area contributed by atoms with Gasteiger partial charge in [-0.15, -0.1) is 6.58 Å². The smallest absolute Gasteiger partial charge is 0.305 e. The predicted molar refractivity (Wildman–Crippen MR) is 67.8 cm³/mol. The first-order valence-corrected chi connectivity index (χ1v) is 6.64. The van der Waals surface area contributed by atoms with Gasteiger partial charge in [0.25, 0.3) is 0 Å². The average molecular weight is 240 g/mol. The molecule has 0 heterocycles. The second-order valence-electron chi connectivity index (χ2n) is 5.19. The van der Waals surface area contributed by atoms with Gasteiger partial charge in [-0.3, -0.25) is 4.79 Å². The normalized spacial score (nSPS) is 20.8. The molecule has 2 atom stereocenters. The second-order valence-corrected chi connectivity index (χ2v) is 5.19. The van der Waals surface area contributed by atoms with E-state index in [1.54, 1.807) is 6.08 Å². The first-order chi connectivity index (χ1) is 8.13. The number of hydrogen-bond acceptors (Lipinski definition) is 2. The first kappa shape index (κ1) is 14.2. The zero-order chi connectivity index (χ0) is 12.7. The third kappa shape index (κ3) is 5.35. The fraction of sp³-hybridized carbons (Fsp3) is 0.786. The number of allylic oxidation sites excluding steroid dienone is 1. The van der Waals surface area contributed by atoms with Crippen molar-refractivity contribution in [3.05, 3.63) is 12.7 Å². The highest BCUT2D eigenvalue weighted by atomic mass is 16.4. The summed E-state index contributed by atoms with van der Waals surface area (Å²) in [5.74, 6) is -0.195. The van der Waals surface area contributed by atoms with Crippen molar-refractivity contribution in [1.29, 1.82) is 0 Å². The molecular weight excluding hydrogens is 216 g/mol. The fourth-order valence-corrected chi connectivity index (χ4v) is 2.82. The summed E-state index contributed by atoms with van der Waals surface area (Å²) in [6, 6.07) is 0. The van der Waals surface area contributed by atoms with Crippen molar-refractivity contribution in [2.24, 2.45) is 11.8 Å². The van der Waals surface area contributed by atoms with E-state index < -0.39 is 12.1 Å². The highest BCUT2D eigenvalue weighted by Gasteiger charge is 2.25. The zero-order valence-corrected chi connectivity index (χ0v) is 10.5. The number of rotatable bonds is 7. The maximum atomic E-state index is 10.6. The van der Waals surface area contributed by atoms with Crippen molar-refractivity contribution in [3.63, 3.8) is 0 Å². The lowest BCUT2D eigenvalue weighted by Crippen LogP contribution is -2.26. The Labute approximate surface area is 104 Å². The largest absolute Gasteiger partial charge is 0.481 e. The van der Waals surface area contributed by atoms with Gasteiger partial charge < -0.3 is 10.2 Å². The van der Waals surface area contributed by atoms with Gasteiger partial charge >= 0.3 is 5.97 Å². The highest BCUT2D eigenvalue weighted by Crippen LogP contribution is 2.32. The molecule has 98 valence electrons. The summed E-state index contributed by atoms with van der Waals surface area (Å²) in [4.78, 5) is 10.6. The Balaban J connectivity index is 2.45. The van der Waals surface area contributed by atoms with Gasteiger partial charge in [0.2, 0.25) is 0 Å². The molecule has 1 saturated carbocycles. The molecule has 1 aliphatic rings. The maximum Gasteiger partial charge on any atom is 0.305 e. The highest BCUT2D eigenvalue weighted by molar-refractivity contribution is 5.67. The van der Waals surface area contributed by atoms with Crippen molar-refractivity contribution >= 4 is 5.97 Å². The molecule has 2 unspecified atom stereocenters. The summed E-state index contributed by atoms with van der Waals surface area (Å²) in [5.41, 5.74) is 0. The second kappa shape index (κ2) is 7.49. The minimum Gasteiger partial charge on any atom is -0.481 e. The quantitative estimate of drug-likeness (QED) is 0.673. The first-order valence-electron chi connectivity index (χ1n) is 6.64. The zero-order valence-electron chi connectivity index (χ0n) is 10.5. The van der Waals surface area contributed by atoms with E-state index in [4.69, 9.17) is 5.11 Å². The van der Waals surface area contributed by atoms with Gasteiger partial charge in [0.1, 0.15) is 0 Å². The summed E-state index contributed by atoms with van der Waals surface area (Å²) < 4.78 is 0. The van der Waals surface area contributed by atoms with E-state index in [2.05, 4.69) is 6.58 Å². The maximum absolute atomic E-state index is 10.6. The molecule has 0 amide bonds. The molecule has 0 aromatic rings. The lowest BCUT2D eigenvalue weighted by molar-refractivity contribution is -0.140. The molecule has 0 aliphatic heterocycles. The third-order valence-electron chi connectivity index (χ3n) is 3.76. The van der Waals surface area contributed by atoms with Gasteiger partial charge in [0.05, 0.1) is 12.5 Å². The lowest BCUT2D eigenvalue weighted by atomic mass is 9.79. The van der Waals surface area contributed by atoms with E-state index in [0.29, 0.717) is 12.3 Å². The predicted octanol–water partition coefficient (Wildman–Crippen LogP) is 2.98. The molecule has 3 heteroatoms. The minimum atomic E-state index is -0.921. The van der Waals surface area contributed by atoms with E-state index >= 15 is 0 Å². The number of carbonyl (C=O) groups is 1. The molecule has 1 aliphatic carbocycles. The number of aliphatic carboxylic acids is 1. The average Bonchev–Trinajstić information content (AvgIpc) is 2.29. The summed E-state index contributed by atoms with van der Waals surface area (Å²) in [5, 5.41) is 18.6. The van der Waals surface area contributed by atoms with Gasteiger partial charge in [-0.25, -0.2) is 0 Å². The van der Waals surface area contributed by atoms with Crippen molar-refractivity contribution in [3.8, 4) is 0 Å². The van der Waals surface area contributed by atoms with Crippen LogP contribution in [-0.2, 0) is 4.79 Å². The molecule has 0 radical (unpaired) electrons. The number of aliphatic hydroxyl groups excluding tert-OH is 1. The summed E-state index contributed by atoms with van der Waals surface area (Å²) in [7, 11) is 0. The van der Waals surface area contributed by atoms with Crippen LogP contribution in [0, 0.1) is 11.8 Å². The number of carboxylic acid groups (broad SMARTS) is 1. The van der Waals surface area contributed by atoms with E-state index in [1.807, 2.05) is 0 Å². The molecule has 1 rings (SSSR count). The third-order valence-corrected chi connectivity index (χ3v) is 3.76. The van der Waals surface area contributed by atoms with Gasteiger partial charge in [0, 0.05) is 0 Å². The van der Waals surface area contributed by atoms with Crippen LogP contribution in [0.15, 0.2) is 12.7 Å². The molecule has 0 bridgehead atoms. The Kier molecular flexibility index (Phi) is 6.27. The summed E-state index contributed by atoms with van der Waals surface area (Å²) in [6.07, 6.45) is 8.91. The molecule has 3 nitrogen and oxygen atoms in total. The molecule has 0 saturated heterocycles. The van der Waals surface area contributed by atoms with Crippen LogP contribution in [0.4, 0.5) is 0 Å². The van der Waals surface area contributed by atoms with Gasteiger partial charge in [-0.1, -0.05) is 38.2 Å². The molecule has 0 aromatic heterocycles. The lowest BCUT2D eigenvalue weighted by Gasteiger charge is -2.28. The van der Waals surface area contributed by atoms with E-state index in [9.17, 15) is 9.90 Å². The van der Waals surface area contributed by atoms with Crippen molar-refractivity contribution in [2.75, 3.05) is 0 Å².